The molecular weight excluding hydrogens is 202 g/mol. The Morgan fingerprint density at radius 2 is 1.75 bits per heavy atom. The molecule has 92 valence electrons. The van der Waals surface area contributed by atoms with Gasteiger partial charge in [-0.05, 0) is 32.3 Å². The van der Waals surface area contributed by atoms with Crippen molar-refractivity contribution in [1.29, 1.82) is 0 Å². The molecule has 0 saturated carbocycles. The van der Waals surface area contributed by atoms with E-state index < -0.39 is 0 Å². The molecular formula is C13H23NO2. The van der Waals surface area contributed by atoms with Crippen LogP contribution in [0.15, 0.2) is 11.8 Å². The van der Waals surface area contributed by atoms with Crippen LogP contribution in [-0.2, 0) is 9.63 Å². The number of carbonyl (C=O) groups excluding carboxylic acids is 1. The molecule has 3 heteroatoms. The number of ketones is 1. The molecule has 0 saturated heterocycles. The molecule has 1 heterocycles. The summed E-state index contributed by atoms with van der Waals surface area (Å²) in [7, 11) is 0. The molecule has 0 bridgehead atoms. The molecule has 0 aliphatic carbocycles. The van der Waals surface area contributed by atoms with Crippen LogP contribution in [0.5, 0.6) is 0 Å². The van der Waals surface area contributed by atoms with E-state index in [1.165, 1.54) is 6.92 Å². The Balaban J connectivity index is 3.04. The molecule has 3 nitrogen and oxygen atoms in total. The molecule has 1 atom stereocenters. The van der Waals surface area contributed by atoms with Gasteiger partial charge in [0.05, 0.1) is 6.04 Å². The van der Waals surface area contributed by atoms with Crippen molar-refractivity contribution in [1.82, 2.24) is 5.06 Å². The van der Waals surface area contributed by atoms with Crippen molar-refractivity contribution in [3.63, 3.8) is 0 Å². The molecule has 1 aliphatic rings. The fourth-order valence-electron chi connectivity index (χ4n) is 1.74. The third-order valence-electron chi connectivity index (χ3n) is 2.65. The molecule has 0 aromatic heterocycles. The number of hydrogen-bond donors (Lipinski definition) is 0. The first-order valence-corrected chi connectivity index (χ1v) is 5.73. The summed E-state index contributed by atoms with van der Waals surface area (Å²) in [6, 6.07) is 0.131. The lowest BCUT2D eigenvalue weighted by molar-refractivity contribution is -0.194. The second kappa shape index (κ2) is 3.88. The van der Waals surface area contributed by atoms with E-state index in [0.29, 0.717) is 5.76 Å². The van der Waals surface area contributed by atoms with Gasteiger partial charge in [0.1, 0.15) is 0 Å². The lowest BCUT2D eigenvalue weighted by Gasteiger charge is -2.40. The minimum absolute atomic E-state index is 0.0130. The average Bonchev–Trinajstić information content (AvgIpc) is 2.44. The summed E-state index contributed by atoms with van der Waals surface area (Å²) >= 11 is 0. The second-order valence-corrected chi connectivity index (χ2v) is 6.49. The third-order valence-corrected chi connectivity index (χ3v) is 2.65. The predicted molar refractivity (Wildman–Crippen MR) is 64.7 cm³/mol. The number of rotatable bonds is 1. The fraction of sp³-hybridized carbons (Fsp3) is 0.769. The first kappa shape index (κ1) is 13.2. The zero-order chi connectivity index (χ0) is 12.7. The van der Waals surface area contributed by atoms with E-state index in [0.717, 1.165) is 0 Å². The van der Waals surface area contributed by atoms with E-state index in [4.69, 9.17) is 4.84 Å². The van der Waals surface area contributed by atoms with Crippen molar-refractivity contribution in [2.45, 2.75) is 60.0 Å². The van der Waals surface area contributed by atoms with Gasteiger partial charge in [0.15, 0.2) is 11.5 Å². The van der Waals surface area contributed by atoms with Crippen molar-refractivity contribution >= 4 is 5.78 Å². The van der Waals surface area contributed by atoms with Gasteiger partial charge in [-0.3, -0.25) is 4.79 Å². The Morgan fingerprint density at radius 1 is 1.25 bits per heavy atom. The smallest absolute Gasteiger partial charge is 0.196 e. The monoisotopic (exact) mass is 225 g/mol. The highest BCUT2D eigenvalue weighted by Crippen LogP contribution is 2.36. The molecule has 0 spiro atoms. The highest BCUT2D eigenvalue weighted by Gasteiger charge is 2.42. The standard InChI is InChI=1S/C13H23NO2/c1-9(15)10-8-11(12(2,3)4)14(16-10)13(5,6)7/h8,11H,1-7H3. The van der Waals surface area contributed by atoms with Gasteiger partial charge in [-0.25, -0.2) is 0 Å². The SMILES string of the molecule is CC(=O)C1=CC(C(C)(C)C)N(C(C)(C)C)O1. The van der Waals surface area contributed by atoms with Crippen LogP contribution in [0.4, 0.5) is 0 Å². The lowest BCUT2D eigenvalue weighted by Crippen LogP contribution is -2.49. The van der Waals surface area contributed by atoms with Crippen molar-refractivity contribution < 1.29 is 9.63 Å². The van der Waals surface area contributed by atoms with Gasteiger partial charge in [-0.2, -0.15) is 0 Å². The van der Waals surface area contributed by atoms with Crippen molar-refractivity contribution in [3.8, 4) is 0 Å². The van der Waals surface area contributed by atoms with Crippen LogP contribution in [0.3, 0.4) is 0 Å². The number of carbonyl (C=O) groups is 1. The number of hydroxylamine groups is 2. The van der Waals surface area contributed by atoms with Crippen molar-refractivity contribution in [2.24, 2.45) is 5.41 Å². The van der Waals surface area contributed by atoms with Crippen molar-refractivity contribution in [3.05, 3.63) is 11.8 Å². The maximum atomic E-state index is 11.4. The van der Waals surface area contributed by atoms with Gasteiger partial charge in [0, 0.05) is 12.5 Å². The van der Waals surface area contributed by atoms with Crippen LogP contribution in [0.25, 0.3) is 0 Å². The van der Waals surface area contributed by atoms with Crippen LogP contribution >= 0.6 is 0 Å². The van der Waals surface area contributed by atoms with E-state index in [1.54, 1.807) is 0 Å². The predicted octanol–water partition coefficient (Wildman–Crippen LogP) is 2.92. The summed E-state index contributed by atoms with van der Waals surface area (Å²) in [4.78, 5) is 17.0. The zero-order valence-corrected chi connectivity index (χ0v) is 11.4. The van der Waals surface area contributed by atoms with E-state index in [-0.39, 0.29) is 22.8 Å². The molecule has 0 radical (unpaired) electrons. The normalized spacial score (nSPS) is 22.9. The van der Waals surface area contributed by atoms with Gasteiger partial charge < -0.3 is 4.84 Å². The number of nitrogens with zero attached hydrogens (tertiary/aromatic N) is 1. The maximum absolute atomic E-state index is 11.4. The molecule has 1 unspecified atom stereocenters. The summed E-state index contributed by atoms with van der Waals surface area (Å²) in [5.74, 6) is 0.454. The number of allylic oxidation sites excluding steroid dienone is 1. The van der Waals surface area contributed by atoms with Gasteiger partial charge >= 0.3 is 0 Å². The molecule has 0 N–H and O–H groups in total. The summed E-state index contributed by atoms with van der Waals surface area (Å²) in [6.45, 7) is 14.3. The Kier molecular flexibility index (Phi) is 3.21. The van der Waals surface area contributed by atoms with Crippen LogP contribution in [0, 0.1) is 5.41 Å². The quantitative estimate of drug-likeness (QED) is 0.687. The van der Waals surface area contributed by atoms with E-state index in [9.17, 15) is 4.79 Å². The minimum Gasteiger partial charge on any atom is -0.401 e. The first-order chi connectivity index (χ1) is 7.03. The maximum Gasteiger partial charge on any atom is 0.196 e. The van der Waals surface area contributed by atoms with Gasteiger partial charge in [-0.1, -0.05) is 20.8 Å². The van der Waals surface area contributed by atoms with Gasteiger partial charge in [-0.15, -0.1) is 5.06 Å². The first-order valence-electron chi connectivity index (χ1n) is 5.73. The van der Waals surface area contributed by atoms with Crippen LogP contribution in [0.2, 0.25) is 0 Å². The average molecular weight is 225 g/mol. The highest BCUT2D eigenvalue weighted by molar-refractivity contribution is 5.91. The Hall–Kier alpha value is -0.830. The second-order valence-electron chi connectivity index (χ2n) is 6.49. The molecule has 0 fully saturated rings. The highest BCUT2D eigenvalue weighted by atomic mass is 16.7. The zero-order valence-electron chi connectivity index (χ0n) is 11.4. The third kappa shape index (κ3) is 2.64. The molecule has 0 amide bonds. The van der Waals surface area contributed by atoms with Crippen molar-refractivity contribution in [2.75, 3.05) is 0 Å². The van der Waals surface area contributed by atoms with E-state index in [2.05, 4.69) is 41.5 Å². The summed E-state index contributed by atoms with van der Waals surface area (Å²) in [6.07, 6.45) is 1.94. The largest absolute Gasteiger partial charge is 0.401 e. The summed E-state index contributed by atoms with van der Waals surface area (Å²) in [5.41, 5.74) is -0.0733. The Bertz CT molecular complexity index is 318. The minimum atomic E-state index is -0.119. The van der Waals surface area contributed by atoms with Crippen LogP contribution in [-0.4, -0.2) is 22.4 Å². The lowest BCUT2D eigenvalue weighted by atomic mass is 9.85. The fourth-order valence-corrected chi connectivity index (χ4v) is 1.74. The Labute approximate surface area is 98.4 Å². The topological polar surface area (TPSA) is 29.5 Å². The molecule has 1 aliphatic heterocycles. The van der Waals surface area contributed by atoms with Gasteiger partial charge in [0.2, 0.25) is 0 Å². The summed E-state index contributed by atoms with van der Waals surface area (Å²) < 4.78 is 0. The van der Waals surface area contributed by atoms with E-state index in [1.807, 2.05) is 11.1 Å². The Morgan fingerprint density at radius 3 is 2.00 bits per heavy atom. The van der Waals surface area contributed by atoms with Crippen LogP contribution < -0.4 is 0 Å². The molecule has 16 heavy (non-hydrogen) atoms. The number of Topliss-reactive ketones (excluding diaryl/α,β-unsaturated/α-hetero) is 1. The molecule has 0 aromatic rings. The van der Waals surface area contributed by atoms with Gasteiger partial charge in [0.25, 0.3) is 0 Å². The number of hydrogen-bond acceptors (Lipinski definition) is 3. The molecule has 0 aromatic carbocycles. The molecule has 1 rings (SSSR count). The van der Waals surface area contributed by atoms with Crippen LogP contribution in [0.1, 0.15) is 48.5 Å². The summed E-state index contributed by atoms with van der Waals surface area (Å²) in [5, 5.41) is 1.92. The van der Waals surface area contributed by atoms with E-state index >= 15 is 0 Å².